The average Bonchev–Trinajstić information content (AvgIpc) is 3.45. The Balaban J connectivity index is 1.32. The molecule has 0 atom stereocenters. The van der Waals surface area contributed by atoms with Crippen molar-refractivity contribution in [1.29, 1.82) is 0 Å². The van der Waals surface area contributed by atoms with Crippen LogP contribution in [0.25, 0.3) is 11.0 Å². The van der Waals surface area contributed by atoms with Crippen molar-refractivity contribution < 1.29 is 14.0 Å². The smallest absolute Gasteiger partial charge is 0.290 e. The highest BCUT2D eigenvalue weighted by atomic mass is 32.2. The van der Waals surface area contributed by atoms with Crippen molar-refractivity contribution in [3.63, 3.8) is 0 Å². The SMILES string of the molecule is Cc1nnc(SCc2c(C(=O)N3CCN(C(=O)c4ccccc4)CC3)oc3ccccc23)s1. The molecule has 2 aromatic heterocycles. The first-order valence-corrected chi connectivity index (χ1v) is 12.5. The molecule has 168 valence electrons. The third kappa shape index (κ3) is 4.51. The van der Waals surface area contributed by atoms with E-state index in [0.29, 0.717) is 48.8 Å². The molecule has 0 bridgehead atoms. The van der Waals surface area contributed by atoms with Crippen LogP contribution in [-0.4, -0.2) is 58.0 Å². The molecule has 0 radical (unpaired) electrons. The van der Waals surface area contributed by atoms with Crippen LogP contribution < -0.4 is 0 Å². The third-order valence-electron chi connectivity index (χ3n) is 5.61. The monoisotopic (exact) mass is 478 g/mol. The molecule has 3 heterocycles. The number of fused-ring (bicyclic) bond motifs is 1. The summed E-state index contributed by atoms with van der Waals surface area (Å²) in [6.45, 7) is 3.85. The van der Waals surface area contributed by atoms with Crippen LogP contribution in [0.2, 0.25) is 0 Å². The summed E-state index contributed by atoms with van der Waals surface area (Å²) in [6.07, 6.45) is 0. The van der Waals surface area contributed by atoms with Crippen LogP contribution in [0.15, 0.2) is 63.4 Å². The summed E-state index contributed by atoms with van der Waals surface area (Å²) in [6, 6.07) is 17.0. The van der Waals surface area contributed by atoms with Gasteiger partial charge in [0.15, 0.2) is 10.1 Å². The van der Waals surface area contributed by atoms with Gasteiger partial charge in [0.2, 0.25) is 0 Å². The van der Waals surface area contributed by atoms with Gasteiger partial charge in [-0.25, -0.2) is 0 Å². The van der Waals surface area contributed by atoms with E-state index in [2.05, 4.69) is 10.2 Å². The molecule has 1 aliphatic rings. The molecule has 0 spiro atoms. The molecule has 1 saturated heterocycles. The minimum atomic E-state index is -0.137. The van der Waals surface area contributed by atoms with Crippen LogP contribution >= 0.6 is 23.1 Å². The van der Waals surface area contributed by atoms with Gasteiger partial charge in [0.1, 0.15) is 10.6 Å². The number of amides is 2. The molecule has 33 heavy (non-hydrogen) atoms. The number of aryl methyl sites for hydroxylation is 1. The number of nitrogens with zero attached hydrogens (tertiary/aromatic N) is 4. The van der Waals surface area contributed by atoms with Crippen molar-refractivity contribution in [2.24, 2.45) is 0 Å². The second-order valence-electron chi connectivity index (χ2n) is 7.73. The molecule has 1 aliphatic heterocycles. The van der Waals surface area contributed by atoms with Crippen LogP contribution in [0, 0.1) is 6.92 Å². The summed E-state index contributed by atoms with van der Waals surface area (Å²) < 4.78 is 6.90. The lowest BCUT2D eigenvalue weighted by Crippen LogP contribution is -2.50. The Kier molecular flexibility index (Phi) is 6.15. The van der Waals surface area contributed by atoms with Gasteiger partial charge < -0.3 is 14.2 Å². The van der Waals surface area contributed by atoms with Crippen LogP contribution in [0.1, 0.15) is 31.5 Å². The van der Waals surface area contributed by atoms with Gasteiger partial charge >= 0.3 is 0 Å². The minimum Gasteiger partial charge on any atom is -0.451 e. The fourth-order valence-electron chi connectivity index (χ4n) is 3.91. The standard InChI is InChI=1S/C24H22N4O3S2/c1-16-25-26-24(33-16)32-15-19-18-9-5-6-10-20(18)31-21(19)23(30)28-13-11-27(12-14-28)22(29)17-7-3-2-4-8-17/h2-10H,11-15H2,1H3. The van der Waals surface area contributed by atoms with E-state index >= 15 is 0 Å². The van der Waals surface area contributed by atoms with Crippen molar-refractivity contribution in [2.45, 2.75) is 17.0 Å². The van der Waals surface area contributed by atoms with E-state index < -0.39 is 0 Å². The van der Waals surface area contributed by atoms with Gasteiger partial charge in [-0.05, 0) is 25.1 Å². The molecule has 7 nitrogen and oxygen atoms in total. The van der Waals surface area contributed by atoms with Gasteiger partial charge in [0.05, 0.1) is 0 Å². The lowest BCUT2D eigenvalue weighted by molar-refractivity contribution is 0.0519. The first kappa shape index (κ1) is 21.7. The van der Waals surface area contributed by atoms with Crippen LogP contribution in [0.3, 0.4) is 0 Å². The zero-order chi connectivity index (χ0) is 22.8. The normalized spacial score (nSPS) is 14.1. The van der Waals surface area contributed by atoms with E-state index in [1.165, 1.54) is 11.3 Å². The van der Waals surface area contributed by atoms with E-state index in [-0.39, 0.29) is 11.8 Å². The highest BCUT2D eigenvalue weighted by Gasteiger charge is 2.29. The molecular weight excluding hydrogens is 456 g/mol. The van der Waals surface area contributed by atoms with Crippen LogP contribution in [-0.2, 0) is 5.75 Å². The van der Waals surface area contributed by atoms with Crippen molar-refractivity contribution in [3.8, 4) is 0 Å². The predicted octanol–water partition coefficient (Wildman–Crippen LogP) is 4.48. The first-order chi connectivity index (χ1) is 16.1. The molecule has 1 fully saturated rings. The van der Waals surface area contributed by atoms with Crippen molar-refractivity contribution >= 4 is 45.9 Å². The molecule has 2 aromatic carbocycles. The van der Waals surface area contributed by atoms with Gasteiger partial charge in [-0.3, -0.25) is 9.59 Å². The van der Waals surface area contributed by atoms with Gasteiger partial charge in [-0.1, -0.05) is 59.5 Å². The Morgan fingerprint density at radius 1 is 0.939 bits per heavy atom. The second-order valence-corrected chi connectivity index (χ2v) is 10.1. The lowest BCUT2D eigenvalue weighted by atomic mass is 10.1. The lowest BCUT2D eigenvalue weighted by Gasteiger charge is -2.34. The number of piperazine rings is 1. The fraction of sp³-hybridized carbons (Fsp3) is 0.250. The molecule has 9 heteroatoms. The number of carbonyl (C=O) groups excluding carboxylic acids is 2. The Morgan fingerprint density at radius 3 is 2.30 bits per heavy atom. The summed E-state index contributed by atoms with van der Waals surface area (Å²) in [5.41, 5.74) is 2.24. The van der Waals surface area contributed by atoms with E-state index in [1.807, 2.05) is 61.5 Å². The zero-order valence-corrected chi connectivity index (χ0v) is 19.7. The van der Waals surface area contributed by atoms with E-state index in [1.54, 1.807) is 21.6 Å². The number of rotatable bonds is 5. The van der Waals surface area contributed by atoms with Crippen molar-refractivity contribution in [1.82, 2.24) is 20.0 Å². The Bertz CT molecular complexity index is 1290. The first-order valence-electron chi connectivity index (χ1n) is 10.7. The van der Waals surface area contributed by atoms with E-state index in [4.69, 9.17) is 4.42 Å². The largest absolute Gasteiger partial charge is 0.451 e. The van der Waals surface area contributed by atoms with Crippen LogP contribution in [0.5, 0.6) is 0 Å². The summed E-state index contributed by atoms with van der Waals surface area (Å²) in [7, 11) is 0. The number of hydrogen-bond donors (Lipinski definition) is 0. The number of benzene rings is 2. The van der Waals surface area contributed by atoms with E-state index in [0.717, 1.165) is 20.3 Å². The topological polar surface area (TPSA) is 79.5 Å². The summed E-state index contributed by atoms with van der Waals surface area (Å²) in [5.74, 6) is 0.796. The minimum absolute atomic E-state index is 0.00382. The Labute approximate surface area is 199 Å². The highest BCUT2D eigenvalue weighted by molar-refractivity contribution is 8.00. The van der Waals surface area contributed by atoms with E-state index in [9.17, 15) is 9.59 Å². The third-order valence-corrected chi connectivity index (χ3v) is 7.61. The number of furan rings is 1. The predicted molar refractivity (Wildman–Crippen MR) is 129 cm³/mol. The van der Waals surface area contributed by atoms with Crippen molar-refractivity contribution in [2.75, 3.05) is 26.2 Å². The fourth-order valence-corrected chi connectivity index (χ4v) is 5.75. The number of carbonyl (C=O) groups is 2. The molecule has 0 saturated carbocycles. The van der Waals surface area contributed by atoms with Gasteiger partial charge in [-0.15, -0.1) is 10.2 Å². The maximum atomic E-state index is 13.4. The average molecular weight is 479 g/mol. The van der Waals surface area contributed by atoms with Gasteiger partial charge in [0.25, 0.3) is 11.8 Å². The van der Waals surface area contributed by atoms with Gasteiger partial charge in [-0.2, -0.15) is 0 Å². The summed E-state index contributed by atoms with van der Waals surface area (Å²) in [4.78, 5) is 29.7. The zero-order valence-electron chi connectivity index (χ0n) is 18.1. The Morgan fingerprint density at radius 2 is 1.61 bits per heavy atom. The van der Waals surface area contributed by atoms with Gasteiger partial charge in [0, 0.05) is 48.4 Å². The second kappa shape index (κ2) is 9.36. The maximum absolute atomic E-state index is 13.4. The molecule has 0 aliphatic carbocycles. The number of thioether (sulfide) groups is 1. The van der Waals surface area contributed by atoms with Crippen molar-refractivity contribution in [3.05, 3.63) is 76.5 Å². The molecule has 2 amide bonds. The Hall–Kier alpha value is -3.17. The molecular formula is C24H22N4O3S2. The summed E-state index contributed by atoms with van der Waals surface area (Å²) in [5, 5.41) is 10.1. The molecule has 4 aromatic rings. The van der Waals surface area contributed by atoms with Crippen LogP contribution in [0.4, 0.5) is 0 Å². The summed E-state index contributed by atoms with van der Waals surface area (Å²) >= 11 is 3.09. The molecule has 5 rings (SSSR count). The maximum Gasteiger partial charge on any atom is 0.290 e. The number of hydrogen-bond acceptors (Lipinski definition) is 7. The number of para-hydroxylation sites is 1. The molecule has 0 N–H and O–H groups in total. The molecule has 0 unspecified atom stereocenters. The number of aromatic nitrogens is 2. The highest BCUT2D eigenvalue weighted by Crippen LogP contribution is 2.33. The quantitative estimate of drug-likeness (QED) is 0.394.